The Bertz CT molecular complexity index is 226. The van der Waals surface area contributed by atoms with E-state index in [2.05, 4.69) is 35.9 Å². The number of hydrogen-bond acceptors (Lipinski definition) is 2. The normalized spacial score (nSPS) is 24.3. The molecule has 0 aliphatic carbocycles. The zero-order valence-electron chi connectivity index (χ0n) is 10.3. The van der Waals surface area contributed by atoms with Gasteiger partial charge in [0.05, 0.1) is 6.54 Å². The molecule has 15 heavy (non-hydrogen) atoms. The van der Waals surface area contributed by atoms with Gasteiger partial charge in [-0.15, -0.1) is 5.92 Å². The molecule has 0 aromatic carbocycles. The van der Waals surface area contributed by atoms with E-state index in [-0.39, 0.29) is 0 Å². The summed E-state index contributed by atoms with van der Waals surface area (Å²) in [6.45, 7) is 11.0. The quantitative estimate of drug-likeness (QED) is 0.708. The van der Waals surface area contributed by atoms with Crippen LogP contribution in [-0.4, -0.2) is 37.1 Å². The van der Waals surface area contributed by atoms with Crippen LogP contribution in [0.3, 0.4) is 0 Å². The third kappa shape index (κ3) is 4.24. The van der Waals surface area contributed by atoms with E-state index in [4.69, 9.17) is 0 Å². The average molecular weight is 208 g/mol. The van der Waals surface area contributed by atoms with Gasteiger partial charge in [0.25, 0.3) is 0 Å². The SMILES string of the molecule is CC#CCNC(C)C1CCCN(CC)C1. The zero-order chi connectivity index (χ0) is 11.1. The highest BCUT2D eigenvalue weighted by Gasteiger charge is 2.22. The van der Waals surface area contributed by atoms with Crippen LogP contribution in [0.4, 0.5) is 0 Å². The molecule has 86 valence electrons. The highest BCUT2D eigenvalue weighted by atomic mass is 15.1. The average Bonchev–Trinajstić information content (AvgIpc) is 2.29. The highest BCUT2D eigenvalue weighted by Crippen LogP contribution is 2.19. The molecule has 1 rings (SSSR count). The van der Waals surface area contributed by atoms with Gasteiger partial charge in [-0.2, -0.15) is 0 Å². The minimum absolute atomic E-state index is 0.597. The Balaban J connectivity index is 2.30. The second kappa shape index (κ2) is 6.87. The number of nitrogens with one attached hydrogen (secondary N) is 1. The van der Waals surface area contributed by atoms with Crippen molar-refractivity contribution in [3.63, 3.8) is 0 Å². The van der Waals surface area contributed by atoms with Crippen molar-refractivity contribution < 1.29 is 0 Å². The molecule has 0 amide bonds. The Hall–Kier alpha value is -0.520. The molecule has 1 fully saturated rings. The third-order valence-electron chi connectivity index (χ3n) is 3.39. The van der Waals surface area contributed by atoms with Gasteiger partial charge in [0, 0.05) is 12.6 Å². The van der Waals surface area contributed by atoms with Gasteiger partial charge in [0.2, 0.25) is 0 Å². The number of likely N-dealkylation sites (tertiary alicyclic amines) is 1. The molecule has 1 heterocycles. The molecule has 0 radical (unpaired) electrons. The molecule has 1 aliphatic rings. The van der Waals surface area contributed by atoms with Crippen LogP contribution >= 0.6 is 0 Å². The summed E-state index contributed by atoms with van der Waals surface area (Å²) in [5, 5.41) is 3.50. The van der Waals surface area contributed by atoms with Gasteiger partial charge in [-0.3, -0.25) is 0 Å². The van der Waals surface area contributed by atoms with Crippen molar-refractivity contribution in [1.82, 2.24) is 10.2 Å². The summed E-state index contributed by atoms with van der Waals surface area (Å²) in [4.78, 5) is 2.55. The van der Waals surface area contributed by atoms with E-state index in [9.17, 15) is 0 Å². The number of rotatable bonds is 4. The lowest BCUT2D eigenvalue weighted by Crippen LogP contribution is -2.44. The summed E-state index contributed by atoms with van der Waals surface area (Å²) in [7, 11) is 0. The summed E-state index contributed by atoms with van der Waals surface area (Å²) >= 11 is 0. The van der Waals surface area contributed by atoms with E-state index >= 15 is 0 Å². The fourth-order valence-electron chi connectivity index (χ4n) is 2.25. The number of nitrogens with zero attached hydrogens (tertiary/aromatic N) is 1. The molecule has 1 N–H and O–H groups in total. The van der Waals surface area contributed by atoms with Crippen molar-refractivity contribution >= 4 is 0 Å². The second-order valence-corrected chi connectivity index (χ2v) is 4.39. The molecular weight excluding hydrogens is 184 g/mol. The minimum Gasteiger partial charge on any atom is -0.303 e. The first-order valence-corrected chi connectivity index (χ1v) is 6.13. The van der Waals surface area contributed by atoms with Gasteiger partial charge >= 0.3 is 0 Å². The van der Waals surface area contributed by atoms with Gasteiger partial charge in [0.1, 0.15) is 0 Å². The predicted octanol–water partition coefficient (Wildman–Crippen LogP) is 1.72. The van der Waals surface area contributed by atoms with Crippen LogP contribution in [0.15, 0.2) is 0 Å². The topological polar surface area (TPSA) is 15.3 Å². The summed E-state index contributed by atoms with van der Waals surface area (Å²) < 4.78 is 0. The molecule has 0 bridgehead atoms. The molecule has 2 nitrogen and oxygen atoms in total. The van der Waals surface area contributed by atoms with Crippen molar-refractivity contribution in [2.24, 2.45) is 5.92 Å². The van der Waals surface area contributed by atoms with Crippen LogP contribution in [0.1, 0.15) is 33.6 Å². The third-order valence-corrected chi connectivity index (χ3v) is 3.39. The first-order chi connectivity index (χ1) is 7.27. The van der Waals surface area contributed by atoms with E-state index in [0.29, 0.717) is 6.04 Å². The Morgan fingerprint density at radius 3 is 3.00 bits per heavy atom. The van der Waals surface area contributed by atoms with Crippen molar-refractivity contribution in [2.75, 3.05) is 26.2 Å². The largest absolute Gasteiger partial charge is 0.303 e. The van der Waals surface area contributed by atoms with E-state index in [0.717, 1.165) is 12.5 Å². The number of hydrogen-bond donors (Lipinski definition) is 1. The lowest BCUT2D eigenvalue weighted by Gasteiger charge is -2.35. The van der Waals surface area contributed by atoms with Crippen LogP contribution in [0, 0.1) is 17.8 Å². The summed E-state index contributed by atoms with van der Waals surface area (Å²) in [6, 6.07) is 0.597. The van der Waals surface area contributed by atoms with E-state index in [1.807, 2.05) is 6.92 Å². The molecule has 0 aromatic rings. The molecule has 0 aromatic heterocycles. The van der Waals surface area contributed by atoms with Crippen molar-refractivity contribution in [3.8, 4) is 11.8 Å². The van der Waals surface area contributed by atoms with E-state index < -0.39 is 0 Å². The zero-order valence-corrected chi connectivity index (χ0v) is 10.3. The maximum Gasteiger partial charge on any atom is 0.0578 e. The van der Waals surface area contributed by atoms with Crippen molar-refractivity contribution in [3.05, 3.63) is 0 Å². The first-order valence-electron chi connectivity index (χ1n) is 6.13. The molecule has 1 saturated heterocycles. The maximum atomic E-state index is 3.50. The molecule has 0 saturated carbocycles. The summed E-state index contributed by atoms with van der Waals surface area (Å²) in [6.07, 6.45) is 2.72. The van der Waals surface area contributed by atoms with E-state index in [1.165, 1.54) is 32.5 Å². The van der Waals surface area contributed by atoms with Crippen molar-refractivity contribution in [2.45, 2.75) is 39.7 Å². The lowest BCUT2D eigenvalue weighted by atomic mass is 9.91. The van der Waals surface area contributed by atoms with Crippen LogP contribution in [-0.2, 0) is 0 Å². The first kappa shape index (κ1) is 12.5. The molecule has 2 unspecified atom stereocenters. The van der Waals surface area contributed by atoms with Gasteiger partial charge in [-0.25, -0.2) is 0 Å². The predicted molar refractivity (Wildman–Crippen MR) is 65.8 cm³/mol. The Morgan fingerprint density at radius 2 is 2.33 bits per heavy atom. The van der Waals surface area contributed by atoms with Crippen LogP contribution in [0.2, 0.25) is 0 Å². The van der Waals surface area contributed by atoms with Crippen LogP contribution in [0.25, 0.3) is 0 Å². The smallest absolute Gasteiger partial charge is 0.0578 e. The van der Waals surface area contributed by atoms with Gasteiger partial charge in [-0.05, 0) is 45.7 Å². The fraction of sp³-hybridized carbons (Fsp3) is 0.846. The second-order valence-electron chi connectivity index (χ2n) is 4.39. The van der Waals surface area contributed by atoms with Gasteiger partial charge in [0.15, 0.2) is 0 Å². The molecule has 2 heteroatoms. The van der Waals surface area contributed by atoms with Crippen molar-refractivity contribution in [1.29, 1.82) is 0 Å². The van der Waals surface area contributed by atoms with Crippen LogP contribution < -0.4 is 5.32 Å². The van der Waals surface area contributed by atoms with Gasteiger partial charge < -0.3 is 10.2 Å². The molecule has 1 aliphatic heterocycles. The van der Waals surface area contributed by atoms with Crippen LogP contribution in [0.5, 0.6) is 0 Å². The monoisotopic (exact) mass is 208 g/mol. The fourth-order valence-corrected chi connectivity index (χ4v) is 2.25. The lowest BCUT2D eigenvalue weighted by molar-refractivity contribution is 0.159. The number of piperidine rings is 1. The Labute approximate surface area is 94.4 Å². The molecule has 0 spiro atoms. The molecule has 2 atom stereocenters. The Kier molecular flexibility index (Phi) is 5.75. The summed E-state index contributed by atoms with van der Waals surface area (Å²) in [5.41, 5.74) is 0. The van der Waals surface area contributed by atoms with E-state index in [1.54, 1.807) is 0 Å². The Morgan fingerprint density at radius 1 is 1.53 bits per heavy atom. The molecular formula is C13H24N2. The standard InChI is InChI=1S/C13H24N2/c1-4-6-9-14-12(3)13-8-7-10-15(5-2)11-13/h12-14H,5,7-11H2,1-3H3. The maximum absolute atomic E-state index is 3.50. The minimum atomic E-state index is 0.597. The van der Waals surface area contributed by atoms with Gasteiger partial charge in [-0.1, -0.05) is 12.8 Å². The summed E-state index contributed by atoms with van der Waals surface area (Å²) in [5.74, 6) is 6.79. The highest BCUT2D eigenvalue weighted by molar-refractivity contribution is 4.98.